The molecule has 0 heterocycles. The van der Waals surface area contributed by atoms with E-state index in [-0.39, 0.29) is 0 Å². The van der Waals surface area contributed by atoms with Crippen LogP contribution in [0.2, 0.25) is 0 Å². The first-order valence-corrected chi connectivity index (χ1v) is 13.4. The van der Waals surface area contributed by atoms with Gasteiger partial charge in [-0.05, 0) is 25.7 Å². The molecule has 0 rings (SSSR count). The lowest BCUT2D eigenvalue weighted by molar-refractivity contribution is 0.282. The molecule has 0 aromatic rings. The standard InChI is InChI=1S/C21H44O2S2/c22-18-14-10-6-2-1-4-8-12-16-20-24-25-21-17-13-9-5-3-7-11-15-19-23/h22-23H,1-21H2. The first-order valence-electron chi connectivity index (χ1n) is 10.9. The van der Waals surface area contributed by atoms with Gasteiger partial charge in [-0.2, -0.15) is 0 Å². The summed E-state index contributed by atoms with van der Waals surface area (Å²) in [6.45, 7) is 0.725. The second kappa shape index (κ2) is 24.6. The zero-order chi connectivity index (χ0) is 18.3. The van der Waals surface area contributed by atoms with Gasteiger partial charge in [-0.1, -0.05) is 105 Å². The van der Waals surface area contributed by atoms with Gasteiger partial charge >= 0.3 is 0 Å². The molecule has 0 aromatic carbocycles. The Hall–Kier alpha value is 0.620. The van der Waals surface area contributed by atoms with Crippen molar-refractivity contribution in [2.75, 3.05) is 24.7 Å². The third-order valence-electron chi connectivity index (χ3n) is 4.60. The molecule has 0 bridgehead atoms. The molecule has 0 aromatic heterocycles. The van der Waals surface area contributed by atoms with Crippen molar-refractivity contribution in [1.29, 1.82) is 0 Å². The molecular weight excluding hydrogens is 348 g/mol. The Kier molecular flexibility index (Phi) is 25.2. The van der Waals surface area contributed by atoms with Gasteiger partial charge in [0.1, 0.15) is 0 Å². The largest absolute Gasteiger partial charge is 0.396 e. The molecule has 0 amide bonds. The van der Waals surface area contributed by atoms with E-state index in [1.807, 2.05) is 0 Å². The molecule has 0 radical (unpaired) electrons. The number of aliphatic hydroxyl groups excluding tert-OH is 2. The molecule has 25 heavy (non-hydrogen) atoms. The van der Waals surface area contributed by atoms with Crippen molar-refractivity contribution in [1.82, 2.24) is 0 Å². The van der Waals surface area contributed by atoms with Crippen molar-refractivity contribution in [2.24, 2.45) is 0 Å². The SMILES string of the molecule is OCCCCCCCCCCCSSCCCCCCCCCCO. The number of aliphatic hydroxyl groups is 2. The molecule has 0 saturated heterocycles. The minimum Gasteiger partial charge on any atom is -0.396 e. The predicted molar refractivity (Wildman–Crippen MR) is 118 cm³/mol. The van der Waals surface area contributed by atoms with Gasteiger partial charge < -0.3 is 10.2 Å². The van der Waals surface area contributed by atoms with Crippen LogP contribution in [-0.2, 0) is 0 Å². The number of rotatable bonds is 22. The Labute approximate surface area is 165 Å². The van der Waals surface area contributed by atoms with E-state index < -0.39 is 0 Å². The molecule has 0 atom stereocenters. The van der Waals surface area contributed by atoms with Crippen molar-refractivity contribution in [3.8, 4) is 0 Å². The summed E-state index contributed by atoms with van der Waals surface area (Å²) in [6.07, 6.45) is 22.2. The van der Waals surface area contributed by atoms with Gasteiger partial charge in [0.2, 0.25) is 0 Å². The van der Waals surface area contributed by atoms with Crippen LogP contribution in [0.5, 0.6) is 0 Å². The zero-order valence-corrected chi connectivity index (χ0v) is 18.2. The Balaban J connectivity index is 2.94. The molecule has 4 heteroatoms. The first-order chi connectivity index (χ1) is 12.4. The average Bonchev–Trinajstić information content (AvgIpc) is 2.63. The number of hydrogen-bond acceptors (Lipinski definition) is 4. The summed E-state index contributed by atoms with van der Waals surface area (Å²) in [5.74, 6) is 2.65. The summed E-state index contributed by atoms with van der Waals surface area (Å²) in [5.41, 5.74) is 0. The van der Waals surface area contributed by atoms with Crippen LogP contribution in [0.15, 0.2) is 0 Å². The lowest BCUT2D eigenvalue weighted by Crippen LogP contribution is -1.85. The maximum Gasteiger partial charge on any atom is 0.0431 e. The van der Waals surface area contributed by atoms with Crippen molar-refractivity contribution in [3.63, 3.8) is 0 Å². The number of hydrogen-bond donors (Lipinski definition) is 2. The van der Waals surface area contributed by atoms with E-state index in [4.69, 9.17) is 10.2 Å². The molecule has 0 saturated carbocycles. The minimum atomic E-state index is 0.362. The van der Waals surface area contributed by atoms with Crippen molar-refractivity contribution < 1.29 is 10.2 Å². The van der Waals surface area contributed by atoms with Gasteiger partial charge in [-0.3, -0.25) is 0 Å². The third-order valence-corrected chi connectivity index (χ3v) is 7.18. The summed E-state index contributed by atoms with van der Waals surface area (Å²) in [5, 5.41) is 17.4. The van der Waals surface area contributed by atoms with Crippen LogP contribution in [-0.4, -0.2) is 34.9 Å². The van der Waals surface area contributed by atoms with Gasteiger partial charge in [-0.25, -0.2) is 0 Å². The Morgan fingerprint density at radius 2 is 0.560 bits per heavy atom. The molecule has 0 unspecified atom stereocenters. The van der Waals surface area contributed by atoms with E-state index in [0.29, 0.717) is 13.2 Å². The second-order valence-electron chi connectivity index (χ2n) is 7.10. The Morgan fingerprint density at radius 3 is 0.840 bits per heavy atom. The van der Waals surface area contributed by atoms with E-state index in [0.717, 1.165) is 12.8 Å². The van der Waals surface area contributed by atoms with E-state index in [1.165, 1.54) is 108 Å². The van der Waals surface area contributed by atoms with Gasteiger partial charge in [0.15, 0.2) is 0 Å². The van der Waals surface area contributed by atoms with Crippen LogP contribution >= 0.6 is 21.6 Å². The fourth-order valence-corrected chi connectivity index (χ4v) is 5.26. The van der Waals surface area contributed by atoms with Gasteiger partial charge in [-0.15, -0.1) is 0 Å². The quantitative estimate of drug-likeness (QED) is 0.154. The van der Waals surface area contributed by atoms with Crippen LogP contribution in [0.1, 0.15) is 109 Å². The number of unbranched alkanes of at least 4 members (excludes halogenated alkanes) is 15. The third kappa shape index (κ3) is 24.6. The van der Waals surface area contributed by atoms with Gasteiger partial charge in [0.05, 0.1) is 0 Å². The van der Waals surface area contributed by atoms with Crippen LogP contribution in [0.25, 0.3) is 0 Å². The Morgan fingerprint density at radius 1 is 0.320 bits per heavy atom. The summed E-state index contributed by atoms with van der Waals surface area (Å²) in [4.78, 5) is 0. The highest BCUT2D eigenvalue weighted by molar-refractivity contribution is 8.76. The monoisotopic (exact) mass is 392 g/mol. The van der Waals surface area contributed by atoms with Crippen molar-refractivity contribution >= 4 is 21.6 Å². The maximum atomic E-state index is 8.71. The van der Waals surface area contributed by atoms with Crippen LogP contribution < -0.4 is 0 Å². The predicted octanol–water partition coefficient (Wildman–Crippen LogP) is 6.98. The molecule has 0 aliphatic rings. The fraction of sp³-hybridized carbons (Fsp3) is 1.00. The molecule has 152 valence electrons. The lowest BCUT2D eigenvalue weighted by atomic mass is 10.1. The molecule has 2 N–H and O–H groups in total. The van der Waals surface area contributed by atoms with Crippen LogP contribution in [0, 0.1) is 0 Å². The molecule has 0 aliphatic carbocycles. The topological polar surface area (TPSA) is 40.5 Å². The maximum absolute atomic E-state index is 8.71. The highest BCUT2D eigenvalue weighted by Crippen LogP contribution is 2.24. The molecule has 2 nitrogen and oxygen atoms in total. The van der Waals surface area contributed by atoms with Crippen LogP contribution in [0.3, 0.4) is 0 Å². The van der Waals surface area contributed by atoms with Crippen molar-refractivity contribution in [2.45, 2.75) is 109 Å². The van der Waals surface area contributed by atoms with Gasteiger partial charge in [0.25, 0.3) is 0 Å². The molecular formula is C21H44O2S2. The average molecular weight is 393 g/mol. The summed E-state index contributed by atoms with van der Waals surface area (Å²) in [6, 6.07) is 0. The van der Waals surface area contributed by atoms with E-state index >= 15 is 0 Å². The molecule has 0 aliphatic heterocycles. The molecule has 0 fully saturated rings. The van der Waals surface area contributed by atoms with Crippen molar-refractivity contribution in [3.05, 3.63) is 0 Å². The van der Waals surface area contributed by atoms with E-state index in [2.05, 4.69) is 21.6 Å². The lowest BCUT2D eigenvalue weighted by Gasteiger charge is -2.03. The smallest absolute Gasteiger partial charge is 0.0431 e. The molecule has 0 spiro atoms. The normalized spacial score (nSPS) is 11.3. The second-order valence-corrected chi connectivity index (χ2v) is 9.80. The highest BCUT2D eigenvalue weighted by atomic mass is 33.1. The fourth-order valence-electron chi connectivity index (χ4n) is 2.96. The summed E-state index contributed by atoms with van der Waals surface area (Å²) in [7, 11) is 4.15. The summed E-state index contributed by atoms with van der Waals surface area (Å²) < 4.78 is 0. The van der Waals surface area contributed by atoms with E-state index in [1.54, 1.807) is 0 Å². The zero-order valence-electron chi connectivity index (χ0n) is 16.6. The first kappa shape index (κ1) is 25.6. The highest BCUT2D eigenvalue weighted by Gasteiger charge is 1.96. The summed E-state index contributed by atoms with van der Waals surface area (Å²) >= 11 is 0. The van der Waals surface area contributed by atoms with E-state index in [9.17, 15) is 0 Å². The van der Waals surface area contributed by atoms with Gasteiger partial charge in [0, 0.05) is 24.7 Å². The Bertz CT molecular complexity index is 206. The minimum absolute atomic E-state index is 0.362. The van der Waals surface area contributed by atoms with Crippen LogP contribution in [0.4, 0.5) is 0 Å².